The van der Waals surface area contributed by atoms with Crippen molar-refractivity contribution in [3.8, 4) is 61.7 Å². The molecule has 2 aromatic heterocycles. The van der Waals surface area contributed by atoms with Crippen LogP contribution in [0.1, 0.15) is 22.6 Å². The van der Waals surface area contributed by atoms with Crippen LogP contribution in [0.4, 0.5) is 0 Å². The quantitative estimate of drug-likeness (QED) is 0.183. The molecule has 0 aliphatic heterocycles. The average molecular weight is 700 g/mol. The van der Waals surface area contributed by atoms with Gasteiger partial charge >= 0.3 is 0 Å². The molecule has 2 aliphatic rings. The predicted octanol–water partition coefficient (Wildman–Crippen LogP) is 13.1. The minimum Gasteiger partial charge on any atom is -0.278 e. The van der Waals surface area contributed by atoms with Gasteiger partial charge in [-0.25, -0.2) is 9.97 Å². The van der Waals surface area contributed by atoms with E-state index in [-0.39, 0.29) is 0 Å². The Hall–Kier alpha value is -7.10. The fraction of sp³-hybridized carbons (Fsp3) is 0.0385. The summed E-state index contributed by atoms with van der Waals surface area (Å²) in [7, 11) is 0. The number of nitrogens with zero attached hydrogens (tertiary/aromatic N) is 3. The van der Waals surface area contributed by atoms with E-state index in [4.69, 9.17) is 9.97 Å². The zero-order valence-corrected chi connectivity index (χ0v) is 29.9. The highest BCUT2D eigenvalue weighted by Gasteiger charge is 2.38. The van der Waals surface area contributed by atoms with Gasteiger partial charge in [0.25, 0.3) is 0 Å². The average Bonchev–Trinajstić information content (AvgIpc) is 3.76. The Morgan fingerprint density at radius 1 is 0.455 bits per heavy atom. The number of benzene rings is 8. The van der Waals surface area contributed by atoms with Crippen LogP contribution in [0.15, 0.2) is 182 Å². The van der Waals surface area contributed by atoms with Gasteiger partial charge in [0.05, 0.1) is 22.2 Å². The topological polar surface area (TPSA) is 30.7 Å². The van der Waals surface area contributed by atoms with Crippen molar-refractivity contribution in [1.82, 2.24) is 14.5 Å². The zero-order chi connectivity index (χ0) is 36.0. The van der Waals surface area contributed by atoms with Crippen molar-refractivity contribution in [3.05, 3.63) is 199 Å². The van der Waals surface area contributed by atoms with Gasteiger partial charge in [0.15, 0.2) is 0 Å². The van der Waals surface area contributed by atoms with Gasteiger partial charge in [-0.2, -0.15) is 0 Å². The number of para-hydroxylation sites is 2. The second kappa shape index (κ2) is 11.7. The van der Waals surface area contributed by atoms with E-state index in [2.05, 4.69) is 187 Å². The monoisotopic (exact) mass is 699 g/mol. The first-order chi connectivity index (χ1) is 27.3. The lowest BCUT2D eigenvalue weighted by Crippen LogP contribution is -2.10. The summed E-state index contributed by atoms with van der Waals surface area (Å²) in [5.41, 5.74) is 19.6. The Morgan fingerprint density at radius 2 is 1.09 bits per heavy atom. The molecule has 1 atom stereocenters. The second-order valence-corrected chi connectivity index (χ2v) is 14.9. The Balaban J connectivity index is 1.15. The van der Waals surface area contributed by atoms with E-state index in [0.717, 1.165) is 39.6 Å². The third-order valence-electron chi connectivity index (χ3n) is 11.9. The highest BCUT2D eigenvalue weighted by atomic mass is 15.2. The van der Waals surface area contributed by atoms with Gasteiger partial charge in [0.2, 0.25) is 5.95 Å². The van der Waals surface area contributed by atoms with Crippen molar-refractivity contribution in [2.45, 2.75) is 12.3 Å². The molecule has 8 aromatic carbocycles. The van der Waals surface area contributed by atoms with Crippen LogP contribution in [0.5, 0.6) is 0 Å². The molecule has 0 bridgehead atoms. The molecule has 3 nitrogen and oxygen atoms in total. The van der Waals surface area contributed by atoms with Crippen LogP contribution >= 0.6 is 0 Å². The Kier molecular flexibility index (Phi) is 6.46. The van der Waals surface area contributed by atoms with Gasteiger partial charge in [-0.1, -0.05) is 158 Å². The standard InChI is InChI=1S/C52H33N3/c1-3-13-32(14-4-1)34-23-25-35(26-24-34)51-40-19-9-11-21-45(40)53-52(54-51)55-46-22-12-10-20-41(46)49-47(55)31-44-42-29-36(33-15-5-2-6-16-33)27-28-39(42)43-30-37-17-7-8-18-38(37)50(49)48(43)44/h1-29,31,43H,30H2. The first-order valence-corrected chi connectivity index (χ1v) is 19.1. The van der Waals surface area contributed by atoms with Crippen molar-refractivity contribution in [3.63, 3.8) is 0 Å². The van der Waals surface area contributed by atoms with Crippen LogP contribution < -0.4 is 0 Å². The second-order valence-electron chi connectivity index (χ2n) is 14.9. The zero-order valence-electron chi connectivity index (χ0n) is 29.9. The van der Waals surface area contributed by atoms with Crippen molar-refractivity contribution in [1.29, 1.82) is 0 Å². The maximum Gasteiger partial charge on any atom is 0.235 e. The smallest absolute Gasteiger partial charge is 0.235 e. The molecule has 0 fully saturated rings. The van der Waals surface area contributed by atoms with Crippen LogP contribution in [-0.2, 0) is 6.42 Å². The minimum absolute atomic E-state index is 0.300. The summed E-state index contributed by atoms with van der Waals surface area (Å²) < 4.78 is 2.32. The Bertz CT molecular complexity index is 3160. The van der Waals surface area contributed by atoms with Crippen LogP contribution in [0.2, 0.25) is 0 Å². The fourth-order valence-corrected chi connectivity index (χ4v) is 9.49. The van der Waals surface area contributed by atoms with Gasteiger partial charge in [0.1, 0.15) is 0 Å². The number of fused-ring (bicyclic) bond motifs is 10. The van der Waals surface area contributed by atoms with Crippen molar-refractivity contribution in [2.75, 3.05) is 0 Å². The highest BCUT2D eigenvalue weighted by Crippen LogP contribution is 2.57. The Morgan fingerprint density at radius 3 is 1.91 bits per heavy atom. The van der Waals surface area contributed by atoms with Gasteiger partial charge in [-0.15, -0.1) is 0 Å². The lowest BCUT2D eigenvalue weighted by molar-refractivity contribution is 0.817. The third kappa shape index (κ3) is 4.50. The molecule has 0 N–H and O–H groups in total. The molecule has 12 rings (SSSR count). The molecular weight excluding hydrogens is 667 g/mol. The maximum absolute atomic E-state index is 5.49. The molecule has 0 saturated carbocycles. The first kappa shape index (κ1) is 30.4. The van der Waals surface area contributed by atoms with E-state index in [1.54, 1.807) is 0 Å². The van der Waals surface area contributed by atoms with E-state index in [1.807, 2.05) is 0 Å². The molecule has 2 heterocycles. The number of aromatic nitrogens is 3. The summed E-state index contributed by atoms with van der Waals surface area (Å²) in [4.78, 5) is 10.8. The lowest BCUT2D eigenvalue weighted by atomic mass is 9.76. The molecule has 0 spiro atoms. The highest BCUT2D eigenvalue weighted by molar-refractivity contribution is 6.19. The molecule has 256 valence electrons. The molecule has 10 aromatic rings. The maximum atomic E-state index is 5.49. The molecule has 0 saturated heterocycles. The van der Waals surface area contributed by atoms with Crippen LogP contribution in [0.3, 0.4) is 0 Å². The summed E-state index contributed by atoms with van der Waals surface area (Å²) in [6.07, 6.45) is 0.998. The largest absolute Gasteiger partial charge is 0.278 e. The van der Waals surface area contributed by atoms with E-state index in [9.17, 15) is 0 Å². The van der Waals surface area contributed by atoms with E-state index < -0.39 is 0 Å². The van der Waals surface area contributed by atoms with E-state index in [0.29, 0.717) is 11.9 Å². The molecule has 55 heavy (non-hydrogen) atoms. The number of rotatable bonds is 4. The van der Waals surface area contributed by atoms with Crippen LogP contribution in [0.25, 0.3) is 94.4 Å². The van der Waals surface area contributed by atoms with Crippen molar-refractivity contribution in [2.24, 2.45) is 0 Å². The van der Waals surface area contributed by atoms with Gasteiger partial charge in [-0.05, 0) is 91.9 Å². The number of hydrogen-bond acceptors (Lipinski definition) is 2. The molecule has 0 radical (unpaired) electrons. The van der Waals surface area contributed by atoms with Crippen molar-refractivity contribution >= 4 is 32.7 Å². The summed E-state index contributed by atoms with van der Waals surface area (Å²) in [5.74, 6) is 0.977. The molecule has 1 unspecified atom stereocenters. The SMILES string of the molecule is c1ccc(-c2ccc(-c3nc(-n4c5ccccc5c5c6c7c(cc54)-c4cc(-c5ccccc5)ccc4C7Cc4ccccc4-6)nc4ccccc34)cc2)cc1. The third-order valence-corrected chi connectivity index (χ3v) is 11.9. The van der Waals surface area contributed by atoms with E-state index >= 15 is 0 Å². The Labute approximate surface area is 318 Å². The summed E-state index contributed by atoms with van der Waals surface area (Å²) >= 11 is 0. The van der Waals surface area contributed by atoms with Crippen LogP contribution in [-0.4, -0.2) is 14.5 Å². The number of hydrogen-bond donors (Lipinski definition) is 0. The molecule has 2 aliphatic carbocycles. The summed E-state index contributed by atoms with van der Waals surface area (Å²) in [5, 5.41) is 3.53. The van der Waals surface area contributed by atoms with Gasteiger partial charge in [0, 0.05) is 27.6 Å². The van der Waals surface area contributed by atoms with E-state index in [1.165, 1.54) is 72.0 Å². The van der Waals surface area contributed by atoms with Gasteiger partial charge < -0.3 is 0 Å². The molecule has 0 amide bonds. The molecule has 3 heteroatoms. The normalized spacial score (nSPS) is 13.9. The fourth-order valence-electron chi connectivity index (χ4n) is 9.49. The van der Waals surface area contributed by atoms with Crippen LogP contribution in [0, 0.1) is 0 Å². The summed E-state index contributed by atoms with van der Waals surface area (Å²) in [6, 6.07) is 65.9. The van der Waals surface area contributed by atoms with Crippen molar-refractivity contribution < 1.29 is 0 Å². The lowest BCUT2D eigenvalue weighted by Gasteiger charge is -2.26. The summed E-state index contributed by atoms with van der Waals surface area (Å²) in [6.45, 7) is 0. The van der Waals surface area contributed by atoms with Gasteiger partial charge in [-0.3, -0.25) is 4.57 Å². The minimum atomic E-state index is 0.300. The first-order valence-electron chi connectivity index (χ1n) is 19.1. The molecular formula is C52H33N3. The predicted molar refractivity (Wildman–Crippen MR) is 227 cm³/mol.